The van der Waals surface area contributed by atoms with Gasteiger partial charge in [0.2, 0.25) is 0 Å². The van der Waals surface area contributed by atoms with Crippen molar-refractivity contribution < 1.29 is 14.5 Å². The predicted molar refractivity (Wildman–Crippen MR) is 54.0 cm³/mol. The number of rotatable bonds is 2. The molecular formula is C8H8N4O4. The van der Waals surface area contributed by atoms with Crippen molar-refractivity contribution >= 4 is 23.2 Å². The number of anilines is 1. The number of carbonyl (C=O) groups is 2. The van der Waals surface area contributed by atoms with Gasteiger partial charge in [0.1, 0.15) is 0 Å². The minimum atomic E-state index is -1.24. The highest BCUT2D eigenvalue weighted by Crippen LogP contribution is 2.18. The maximum atomic E-state index is 11.1. The van der Waals surface area contributed by atoms with Gasteiger partial charge >= 0.3 is 11.8 Å². The van der Waals surface area contributed by atoms with Crippen LogP contribution in [0.1, 0.15) is 0 Å². The van der Waals surface area contributed by atoms with Gasteiger partial charge in [-0.25, -0.2) is 10.9 Å². The van der Waals surface area contributed by atoms with Crippen molar-refractivity contribution in [1.29, 1.82) is 0 Å². The first kappa shape index (κ1) is 11.6. The lowest BCUT2D eigenvalue weighted by Gasteiger charge is -2.13. The van der Waals surface area contributed by atoms with Crippen LogP contribution in [0.3, 0.4) is 0 Å². The fourth-order valence-electron chi connectivity index (χ4n) is 0.992. The fraction of sp³-hybridized carbons (Fsp3) is 0. The van der Waals surface area contributed by atoms with Gasteiger partial charge in [0.15, 0.2) is 0 Å². The molecule has 84 valence electrons. The number of hydrogen-bond acceptors (Lipinski definition) is 5. The Morgan fingerprint density at radius 1 is 1.38 bits per heavy atom. The van der Waals surface area contributed by atoms with Crippen LogP contribution in [0.25, 0.3) is 0 Å². The number of nitro benzene ring substituents is 1. The maximum Gasteiger partial charge on any atom is 0.330 e. The number of hydrazine groups is 1. The summed E-state index contributed by atoms with van der Waals surface area (Å²) >= 11 is 0. The van der Waals surface area contributed by atoms with Crippen LogP contribution in [0.5, 0.6) is 0 Å². The van der Waals surface area contributed by atoms with E-state index in [9.17, 15) is 19.7 Å². The summed E-state index contributed by atoms with van der Waals surface area (Å²) in [4.78, 5) is 31.4. The predicted octanol–water partition coefficient (Wildman–Crippen LogP) is -0.713. The third-order valence-electron chi connectivity index (χ3n) is 1.75. The molecule has 1 aromatic carbocycles. The lowest BCUT2D eigenvalue weighted by molar-refractivity contribution is -0.384. The van der Waals surface area contributed by atoms with E-state index in [4.69, 9.17) is 11.6 Å². The van der Waals surface area contributed by atoms with E-state index < -0.39 is 16.7 Å². The first-order chi connectivity index (χ1) is 7.43. The molecule has 8 nitrogen and oxygen atoms in total. The summed E-state index contributed by atoms with van der Waals surface area (Å²) in [5.74, 6) is 2.87. The second kappa shape index (κ2) is 4.36. The standard InChI is InChI=1S/C8H8N4O4/c9-7(13)8(14)11(10)5-2-1-3-6(4-5)12(15)16/h1-4H,10H2,(H2,9,13). The molecule has 0 heterocycles. The molecule has 0 radical (unpaired) electrons. The van der Waals surface area contributed by atoms with Crippen molar-refractivity contribution in [2.45, 2.75) is 0 Å². The van der Waals surface area contributed by atoms with Crippen molar-refractivity contribution in [3.8, 4) is 0 Å². The smallest absolute Gasteiger partial charge is 0.330 e. The summed E-state index contributed by atoms with van der Waals surface area (Å²) in [7, 11) is 0. The van der Waals surface area contributed by atoms with Crippen molar-refractivity contribution in [2.24, 2.45) is 11.6 Å². The number of non-ortho nitro benzene ring substituents is 1. The Balaban J connectivity index is 3.05. The minimum Gasteiger partial charge on any atom is -0.361 e. The molecule has 0 aromatic heterocycles. The van der Waals surface area contributed by atoms with E-state index in [2.05, 4.69) is 0 Å². The molecule has 4 N–H and O–H groups in total. The molecule has 0 bridgehead atoms. The molecule has 0 aliphatic carbocycles. The Hall–Kier alpha value is -2.48. The summed E-state index contributed by atoms with van der Waals surface area (Å²) in [6.45, 7) is 0. The van der Waals surface area contributed by atoms with E-state index in [1.165, 1.54) is 18.2 Å². The van der Waals surface area contributed by atoms with Crippen LogP contribution in [-0.2, 0) is 9.59 Å². The molecule has 0 unspecified atom stereocenters. The second-order valence-electron chi connectivity index (χ2n) is 2.82. The van der Waals surface area contributed by atoms with Crippen LogP contribution >= 0.6 is 0 Å². The lowest BCUT2D eigenvalue weighted by atomic mass is 10.2. The largest absolute Gasteiger partial charge is 0.361 e. The van der Waals surface area contributed by atoms with Gasteiger partial charge in [0.25, 0.3) is 5.69 Å². The number of nitro groups is 1. The van der Waals surface area contributed by atoms with E-state index >= 15 is 0 Å². The van der Waals surface area contributed by atoms with E-state index in [0.717, 1.165) is 6.07 Å². The van der Waals surface area contributed by atoms with Crippen LogP contribution in [0.15, 0.2) is 24.3 Å². The Kier molecular flexibility index (Phi) is 3.16. The fourth-order valence-corrected chi connectivity index (χ4v) is 0.992. The maximum absolute atomic E-state index is 11.1. The zero-order valence-electron chi connectivity index (χ0n) is 7.99. The Bertz CT molecular complexity index is 459. The highest BCUT2D eigenvalue weighted by atomic mass is 16.6. The zero-order valence-corrected chi connectivity index (χ0v) is 7.99. The number of hydrogen-bond donors (Lipinski definition) is 2. The van der Waals surface area contributed by atoms with Crippen LogP contribution in [0, 0.1) is 10.1 Å². The molecule has 0 fully saturated rings. The molecule has 0 aliphatic heterocycles. The van der Waals surface area contributed by atoms with Gasteiger partial charge in [-0.1, -0.05) is 6.07 Å². The van der Waals surface area contributed by atoms with E-state index in [0.29, 0.717) is 5.01 Å². The van der Waals surface area contributed by atoms with Crippen molar-refractivity contribution in [1.82, 2.24) is 0 Å². The summed E-state index contributed by atoms with van der Waals surface area (Å²) in [6.07, 6.45) is 0. The number of carbonyl (C=O) groups excluding carboxylic acids is 2. The first-order valence-corrected chi connectivity index (χ1v) is 4.06. The zero-order chi connectivity index (χ0) is 12.3. The lowest BCUT2D eigenvalue weighted by Crippen LogP contribution is -2.45. The third-order valence-corrected chi connectivity index (χ3v) is 1.75. The molecule has 1 rings (SSSR count). The van der Waals surface area contributed by atoms with Crippen LogP contribution in [0.2, 0.25) is 0 Å². The average molecular weight is 224 g/mol. The SMILES string of the molecule is NC(=O)C(=O)N(N)c1cccc([N+](=O)[O-])c1. The second-order valence-corrected chi connectivity index (χ2v) is 2.82. The number of benzene rings is 1. The van der Waals surface area contributed by atoms with Crippen LogP contribution in [0.4, 0.5) is 11.4 Å². The quantitative estimate of drug-likeness (QED) is 0.225. The number of nitrogens with two attached hydrogens (primary N) is 2. The van der Waals surface area contributed by atoms with Gasteiger partial charge in [-0.15, -0.1) is 0 Å². The van der Waals surface area contributed by atoms with E-state index in [-0.39, 0.29) is 11.4 Å². The molecular weight excluding hydrogens is 216 g/mol. The Morgan fingerprint density at radius 2 is 2.00 bits per heavy atom. The van der Waals surface area contributed by atoms with E-state index in [1.807, 2.05) is 0 Å². The molecule has 1 aromatic rings. The van der Waals surface area contributed by atoms with Gasteiger partial charge in [0.05, 0.1) is 10.6 Å². The van der Waals surface area contributed by atoms with Gasteiger partial charge in [-0.3, -0.25) is 19.7 Å². The van der Waals surface area contributed by atoms with Gasteiger partial charge in [-0.2, -0.15) is 0 Å². The Labute approximate surface area is 89.5 Å². The monoisotopic (exact) mass is 224 g/mol. The van der Waals surface area contributed by atoms with Crippen molar-refractivity contribution in [3.05, 3.63) is 34.4 Å². The van der Waals surface area contributed by atoms with Crippen molar-refractivity contribution in [3.63, 3.8) is 0 Å². The third kappa shape index (κ3) is 2.30. The molecule has 0 aliphatic rings. The molecule has 0 atom stereocenters. The molecule has 2 amide bonds. The molecule has 0 spiro atoms. The van der Waals surface area contributed by atoms with Crippen molar-refractivity contribution in [2.75, 3.05) is 5.01 Å². The molecule has 16 heavy (non-hydrogen) atoms. The number of amides is 2. The topological polar surface area (TPSA) is 133 Å². The van der Waals surface area contributed by atoms with Crippen LogP contribution < -0.4 is 16.6 Å². The van der Waals surface area contributed by atoms with Gasteiger partial charge < -0.3 is 5.73 Å². The first-order valence-electron chi connectivity index (χ1n) is 4.06. The average Bonchev–Trinajstić information content (AvgIpc) is 2.27. The summed E-state index contributed by atoms with van der Waals surface area (Å²) in [5.41, 5.74) is 4.49. The highest BCUT2D eigenvalue weighted by Gasteiger charge is 2.19. The highest BCUT2D eigenvalue weighted by molar-refractivity contribution is 6.39. The normalized spacial score (nSPS) is 9.56. The van der Waals surface area contributed by atoms with E-state index in [1.54, 1.807) is 0 Å². The minimum absolute atomic E-state index is 0.0120. The van der Waals surface area contributed by atoms with Gasteiger partial charge in [0, 0.05) is 12.1 Å². The number of nitrogens with zero attached hydrogens (tertiary/aromatic N) is 2. The van der Waals surface area contributed by atoms with Crippen LogP contribution in [-0.4, -0.2) is 16.7 Å². The summed E-state index contributed by atoms with van der Waals surface area (Å²) in [5, 5.41) is 10.9. The molecule has 0 saturated carbocycles. The summed E-state index contributed by atoms with van der Waals surface area (Å²) < 4.78 is 0. The molecule has 0 saturated heterocycles. The summed E-state index contributed by atoms with van der Waals surface area (Å²) in [6, 6.07) is 4.96. The Morgan fingerprint density at radius 3 is 2.50 bits per heavy atom. The number of primary amides is 1. The molecule has 8 heteroatoms. The van der Waals surface area contributed by atoms with Gasteiger partial charge in [-0.05, 0) is 6.07 Å².